The standard InChI is InChI=1S/C15H26BrN3O2/c1-2-3-4-5-6-7-8-9-10-11-12-18-13-14(16)15(17-18)19(20)21/h13H,2-12H2,1H3. The van der Waals surface area contributed by atoms with Crippen molar-refractivity contribution in [3.63, 3.8) is 0 Å². The van der Waals surface area contributed by atoms with Crippen LogP contribution in [0.25, 0.3) is 0 Å². The number of hydrogen-bond acceptors (Lipinski definition) is 3. The maximum atomic E-state index is 10.7. The third-order valence-electron chi connectivity index (χ3n) is 3.61. The van der Waals surface area contributed by atoms with E-state index in [2.05, 4.69) is 28.0 Å². The molecule has 120 valence electrons. The van der Waals surface area contributed by atoms with E-state index in [4.69, 9.17) is 0 Å². The molecule has 0 aromatic carbocycles. The predicted molar refractivity (Wildman–Crippen MR) is 88.4 cm³/mol. The summed E-state index contributed by atoms with van der Waals surface area (Å²) < 4.78 is 2.12. The Kier molecular flexibility index (Phi) is 9.30. The fourth-order valence-corrected chi connectivity index (χ4v) is 2.85. The molecule has 6 heteroatoms. The van der Waals surface area contributed by atoms with Crippen LogP contribution in [0.2, 0.25) is 0 Å². The molecule has 0 amide bonds. The quantitative estimate of drug-likeness (QED) is 0.282. The number of nitro groups is 1. The summed E-state index contributed by atoms with van der Waals surface area (Å²) in [5.74, 6) is -0.0953. The number of nitrogens with zero attached hydrogens (tertiary/aromatic N) is 3. The van der Waals surface area contributed by atoms with E-state index in [1.54, 1.807) is 10.9 Å². The minimum Gasteiger partial charge on any atom is -0.358 e. The van der Waals surface area contributed by atoms with Gasteiger partial charge >= 0.3 is 5.82 Å². The third kappa shape index (κ3) is 7.60. The molecule has 0 spiro atoms. The Hall–Kier alpha value is -0.910. The Balaban J connectivity index is 2.02. The molecule has 0 bridgehead atoms. The van der Waals surface area contributed by atoms with Gasteiger partial charge in [-0.15, -0.1) is 0 Å². The molecule has 0 radical (unpaired) electrons. The van der Waals surface area contributed by atoms with Crippen molar-refractivity contribution in [3.8, 4) is 0 Å². The van der Waals surface area contributed by atoms with E-state index in [1.807, 2.05) is 0 Å². The van der Waals surface area contributed by atoms with E-state index in [9.17, 15) is 10.1 Å². The summed E-state index contributed by atoms with van der Waals surface area (Å²) in [5, 5.41) is 14.6. The number of hydrogen-bond donors (Lipinski definition) is 0. The van der Waals surface area contributed by atoms with Gasteiger partial charge in [0, 0.05) is 0 Å². The topological polar surface area (TPSA) is 61.0 Å². The van der Waals surface area contributed by atoms with E-state index < -0.39 is 4.92 Å². The summed E-state index contributed by atoms with van der Waals surface area (Å²) >= 11 is 3.16. The monoisotopic (exact) mass is 359 g/mol. The molecule has 21 heavy (non-hydrogen) atoms. The average Bonchev–Trinajstić information content (AvgIpc) is 2.82. The highest BCUT2D eigenvalue weighted by Crippen LogP contribution is 2.22. The predicted octanol–water partition coefficient (Wildman–Crippen LogP) is 5.47. The molecule has 5 nitrogen and oxygen atoms in total. The summed E-state index contributed by atoms with van der Waals surface area (Å²) in [6, 6.07) is 0. The molecule has 0 aliphatic carbocycles. The maximum Gasteiger partial charge on any atom is 0.404 e. The highest BCUT2D eigenvalue weighted by molar-refractivity contribution is 9.10. The van der Waals surface area contributed by atoms with Crippen molar-refractivity contribution in [1.82, 2.24) is 9.78 Å². The van der Waals surface area contributed by atoms with Crippen LogP contribution in [-0.2, 0) is 6.54 Å². The maximum absolute atomic E-state index is 10.7. The van der Waals surface area contributed by atoms with Crippen molar-refractivity contribution in [3.05, 3.63) is 20.8 Å². The second-order valence-corrected chi connectivity index (χ2v) is 6.36. The fourth-order valence-electron chi connectivity index (χ4n) is 2.39. The van der Waals surface area contributed by atoms with Crippen LogP contribution in [0.3, 0.4) is 0 Å². The van der Waals surface area contributed by atoms with Crippen molar-refractivity contribution in [1.29, 1.82) is 0 Å². The minimum absolute atomic E-state index is 0.0953. The van der Waals surface area contributed by atoms with Crippen LogP contribution >= 0.6 is 15.9 Å². The highest BCUT2D eigenvalue weighted by Gasteiger charge is 2.17. The fraction of sp³-hybridized carbons (Fsp3) is 0.800. The van der Waals surface area contributed by atoms with Crippen LogP contribution < -0.4 is 0 Å². The molecule has 1 heterocycles. The first-order chi connectivity index (χ1) is 10.1. The zero-order chi connectivity index (χ0) is 15.5. The first-order valence-electron chi connectivity index (χ1n) is 8.02. The van der Waals surface area contributed by atoms with Crippen LogP contribution in [0.15, 0.2) is 10.7 Å². The van der Waals surface area contributed by atoms with Crippen LogP contribution in [0.1, 0.15) is 71.1 Å². The van der Waals surface area contributed by atoms with Gasteiger partial charge < -0.3 is 10.1 Å². The second-order valence-electron chi connectivity index (χ2n) is 5.50. The Morgan fingerprint density at radius 3 is 2.10 bits per heavy atom. The Bertz CT molecular complexity index is 421. The summed E-state index contributed by atoms with van der Waals surface area (Å²) in [4.78, 5) is 10.2. The molecule has 0 aliphatic heterocycles. The Morgan fingerprint density at radius 2 is 1.62 bits per heavy atom. The molecule has 0 N–H and O–H groups in total. The lowest BCUT2D eigenvalue weighted by Gasteiger charge is -2.01. The first kappa shape index (κ1) is 18.1. The van der Waals surface area contributed by atoms with Crippen LogP contribution in [0.4, 0.5) is 5.82 Å². The van der Waals surface area contributed by atoms with Crippen molar-refractivity contribution in [2.45, 2.75) is 77.7 Å². The largest absolute Gasteiger partial charge is 0.404 e. The summed E-state index contributed by atoms with van der Waals surface area (Å²) in [6.07, 6.45) is 14.6. The van der Waals surface area contributed by atoms with Gasteiger partial charge in [-0.05, 0) is 27.3 Å². The molecule has 0 unspecified atom stereocenters. The molecule has 0 aliphatic rings. The molecule has 0 atom stereocenters. The molecule has 1 aromatic heterocycles. The first-order valence-corrected chi connectivity index (χ1v) is 8.81. The lowest BCUT2D eigenvalue weighted by atomic mass is 10.1. The van der Waals surface area contributed by atoms with Gasteiger partial charge in [0.2, 0.25) is 0 Å². The van der Waals surface area contributed by atoms with Gasteiger partial charge in [-0.2, -0.15) is 4.68 Å². The van der Waals surface area contributed by atoms with E-state index >= 15 is 0 Å². The van der Waals surface area contributed by atoms with Crippen LogP contribution in [0, 0.1) is 10.1 Å². The van der Waals surface area contributed by atoms with Crippen molar-refractivity contribution in [2.24, 2.45) is 0 Å². The lowest BCUT2D eigenvalue weighted by molar-refractivity contribution is -0.390. The molecule has 0 saturated heterocycles. The zero-order valence-corrected chi connectivity index (χ0v) is 14.5. The Morgan fingerprint density at radius 1 is 1.10 bits per heavy atom. The van der Waals surface area contributed by atoms with Gasteiger partial charge in [0.1, 0.15) is 4.47 Å². The molecule has 0 saturated carbocycles. The van der Waals surface area contributed by atoms with Gasteiger partial charge in [0.15, 0.2) is 0 Å². The molecular formula is C15H26BrN3O2. The highest BCUT2D eigenvalue weighted by atomic mass is 79.9. The number of aryl methyl sites for hydroxylation is 1. The molecule has 1 rings (SSSR count). The van der Waals surface area contributed by atoms with Crippen LogP contribution in [-0.4, -0.2) is 14.7 Å². The van der Waals surface area contributed by atoms with E-state index in [-0.39, 0.29) is 5.82 Å². The Labute approximate surface area is 135 Å². The minimum atomic E-state index is -0.459. The van der Waals surface area contributed by atoms with Gasteiger partial charge in [-0.25, -0.2) is 0 Å². The lowest BCUT2D eigenvalue weighted by Crippen LogP contribution is -1.99. The van der Waals surface area contributed by atoms with Crippen molar-refractivity contribution >= 4 is 21.7 Å². The SMILES string of the molecule is CCCCCCCCCCCCn1cc(Br)c([N+](=O)[O-])n1. The summed E-state index contributed by atoms with van der Waals surface area (Å²) in [5.41, 5.74) is 0. The summed E-state index contributed by atoms with van der Waals surface area (Å²) in [6.45, 7) is 3.00. The van der Waals surface area contributed by atoms with Gasteiger partial charge in [-0.1, -0.05) is 64.7 Å². The summed E-state index contributed by atoms with van der Waals surface area (Å²) in [7, 11) is 0. The number of unbranched alkanes of at least 4 members (excludes halogenated alkanes) is 9. The normalized spacial score (nSPS) is 11.0. The second kappa shape index (κ2) is 10.8. The smallest absolute Gasteiger partial charge is 0.358 e. The van der Waals surface area contributed by atoms with Gasteiger partial charge in [0.05, 0.1) is 17.8 Å². The molecule has 1 aromatic rings. The number of halogens is 1. The van der Waals surface area contributed by atoms with E-state index in [0.29, 0.717) is 4.47 Å². The van der Waals surface area contributed by atoms with Gasteiger partial charge in [-0.3, -0.25) is 0 Å². The molecule has 0 fully saturated rings. The van der Waals surface area contributed by atoms with Crippen molar-refractivity contribution < 1.29 is 4.92 Å². The average molecular weight is 360 g/mol. The van der Waals surface area contributed by atoms with E-state index in [1.165, 1.54) is 57.8 Å². The number of aromatic nitrogens is 2. The van der Waals surface area contributed by atoms with E-state index in [0.717, 1.165) is 13.0 Å². The van der Waals surface area contributed by atoms with Crippen LogP contribution in [0.5, 0.6) is 0 Å². The third-order valence-corrected chi connectivity index (χ3v) is 4.17. The van der Waals surface area contributed by atoms with Gasteiger partial charge in [0.25, 0.3) is 0 Å². The molecular weight excluding hydrogens is 334 g/mol. The van der Waals surface area contributed by atoms with Crippen molar-refractivity contribution in [2.75, 3.05) is 0 Å². The number of rotatable bonds is 12. The zero-order valence-electron chi connectivity index (χ0n) is 12.9.